The topological polar surface area (TPSA) is 52.0 Å². The molecule has 0 saturated carbocycles. The minimum atomic E-state index is -0.432. The number of methoxy groups -OCH3 is 2. The zero-order chi connectivity index (χ0) is 18.2. The highest BCUT2D eigenvalue weighted by Gasteiger charge is 2.13. The summed E-state index contributed by atoms with van der Waals surface area (Å²) >= 11 is 0. The maximum Gasteiger partial charge on any atom is 0.279 e. The molecule has 2 aromatic carbocycles. The van der Waals surface area contributed by atoms with E-state index in [1.165, 1.54) is 6.07 Å². The summed E-state index contributed by atoms with van der Waals surface area (Å²) in [5.74, 6) is 0.736. The predicted molar refractivity (Wildman–Crippen MR) is 94.9 cm³/mol. The molecule has 2 rings (SSSR count). The number of halogens is 1. The molecule has 2 N–H and O–H groups in total. The summed E-state index contributed by atoms with van der Waals surface area (Å²) in [4.78, 5) is 13.1. The van der Waals surface area contributed by atoms with Gasteiger partial charge in [-0.2, -0.15) is 0 Å². The Kier molecular flexibility index (Phi) is 6.77. The van der Waals surface area contributed by atoms with E-state index >= 15 is 0 Å². The van der Waals surface area contributed by atoms with Gasteiger partial charge in [-0.3, -0.25) is 4.79 Å². The van der Waals surface area contributed by atoms with Crippen LogP contribution in [0.25, 0.3) is 0 Å². The molecule has 0 heterocycles. The molecule has 0 radical (unpaired) electrons. The van der Waals surface area contributed by atoms with Crippen molar-refractivity contribution in [1.29, 1.82) is 0 Å². The van der Waals surface area contributed by atoms with Crippen LogP contribution >= 0.6 is 0 Å². The number of rotatable bonds is 8. The lowest BCUT2D eigenvalue weighted by Gasteiger charge is -2.15. The Morgan fingerprint density at radius 1 is 1.12 bits per heavy atom. The third-order valence-electron chi connectivity index (χ3n) is 3.90. The van der Waals surface area contributed by atoms with Crippen LogP contribution in [0.4, 0.5) is 10.1 Å². The van der Waals surface area contributed by atoms with E-state index in [4.69, 9.17) is 9.47 Å². The Hall–Kier alpha value is -2.60. The van der Waals surface area contributed by atoms with Crippen molar-refractivity contribution in [1.82, 2.24) is 0 Å². The maximum absolute atomic E-state index is 13.5. The number of amides is 1. The molecule has 1 atom stereocenters. The van der Waals surface area contributed by atoms with E-state index in [9.17, 15) is 9.18 Å². The van der Waals surface area contributed by atoms with Crippen molar-refractivity contribution in [3.63, 3.8) is 0 Å². The Balaban J connectivity index is 1.85. The van der Waals surface area contributed by atoms with Crippen LogP contribution in [0.1, 0.15) is 5.56 Å². The molecule has 0 aliphatic rings. The van der Waals surface area contributed by atoms with Crippen LogP contribution < -0.4 is 19.7 Å². The van der Waals surface area contributed by atoms with Crippen molar-refractivity contribution in [2.45, 2.75) is 6.42 Å². The Bertz CT molecular complexity index is 722. The van der Waals surface area contributed by atoms with Crippen molar-refractivity contribution in [2.24, 2.45) is 0 Å². The smallest absolute Gasteiger partial charge is 0.279 e. The maximum atomic E-state index is 13.5. The van der Waals surface area contributed by atoms with Gasteiger partial charge < -0.3 is 19.7 Å². The van der Waals surface area contributed by atoms with Gasteiger partial charge in [0.25, 0.3) is 5.91 Å². The number of benzene rings is 2. The zero-order valence-corrected chi connectivity index (χ0v) is 14.8. The van der Waals surface area contributed by atoms with E-state index in [0.29, 0.717) is 11.5 Å². The second-order valence-electron chi connectivity index (χ2n) is 5.85. The van der Waals surface area contributed by atoms with Crippen molar-refractivity contribution in [3.8, 4) is 11.5 Å². The van der Waals surface area contributed by atoms with E-state index in [1.807, 2.05) is 25.2 Å². The Labute approximate surface area is 147 Å². The highest BCUT2D eigenvalue weighted by Crippen LogP contribution is 2.27. The van der Waals surface area contributed by atoms with Crippen LogP contribution in [0, 0.1) is 5.82 Å². The molecule has 1 unspecified atom stereocenters. The molecule has 6 heteroatoms. The Morgan fingerprint density at radius 2 is 1.84 bits per heavy atom. The first-order valence-electron chi connectivity index (χ1n) is 8.10. The van der Waals surface area contributed by atoms with Crippen LogP contribution in [0.5, 0.6) is 11.5 Å². The van der Waals surface area contributed by atoms with Gasteiger partial charge in [0.15, 0.2) is 18.0 Å². The number of para-hydroxylation sites is 1. The first kappa shape index (κ1) is 18.7. The minimum absolute atomic E-state index is 0.209. The van der Waals surface area contributed by atoms with E-state index in [0.717, 1.165) is 23.4 Å². The molecular formula is C19H24FN2O3+. The van der Waals surface area contributed by atoms with Gasteiger partial charge in [-0.25, -0.2) is 4.39 Å². The van der Waals surface area contributed by atoms with Gasteiger partial charge >= 0.3 is 0 Å². The van der Waals surface area contributed by atoms with Gasteiger partial charge in [0.05, 0.1) is 33.5 Å². The lowest BCUT2D eigenvalue weighted by Crippen LogP contribution is -3.10. The number of ether oxygens (including phenoxy) is 2. The quantitative estimate of drug-likeness (QED) is 0.762. The van der Waals surface area contributed by atoms with Crippen molar-refractivity contribution < 1.29 is 23.6 Å². The largest absolute Gasteiger partial charge is 0.493 e. The molecule has 0 saturated heterocycles. The molecule has 5 nitrogen and oxygen atoms in total. The van der Waals surface area contributed by atoms with Gasteiger partial charge in [-0.15, -0.1) is 0 Å². The summed E-state index contributed by atoms with van der Waals surface area (Å²) in [6, 6.07) is 11.9. The average molecular weight is 347 g/mol. The summed E-state index contributed by atoms with van der Waals surface area (Å²) < 4.78 is 24.1. The van der Waals surface area contributed by atoms with Gasteiger partial charge in [0.1, 0.15) is 5.82 Å². The fourth-order valence-corrected chi connectivity index (χ4v) is 2.51. The summed E-state index contributed by atoms with van der Waals surface area (Å²) in [7, 11) is 5.14. The summed E-state index contributed by atoms with van der Waals surface area (Å²) in [5.41, 5.74) is 1.31. The predicted octanol–water partition coefficient (Wildman–Crippen LogP) is 1.54. The molecule has 0 bridgehead atoms. The van der Waals surface area contributed by atoms with E-state index in [-0.39, 0.29) is 18.1 Å². The third-order valence-corrected chi connectivity index (χ3v) is 3.90. The molecule has 25 heavy (non-hydrogen) atoms. The number of anilines is 1. The van der Waals surface area contributed by atoms with Crippen LogP contribution in [-0.2, 0) is 11.2 Å². The highest BCUT2D eigenvalue weighted by atomic mass is 19.1. The highest BCUT2D eigenvalue weighted by molar-refractivity contribution is 5.91. The van der Waals surface area contributed by atoms with Crippen LogP contribution in [0.2, 0.25) is 0 Å². The van der Waals surface area contributed by atoms with E-state index in [1.54, 1.807) is 32.4 Å². The van der Waals surface area contributed by atoms with Gasteiger partial charge in [0, 0.05) is 6.42 Å². The normalized spacial score (nSPS) is 11.7. The van der Waals surface area contributed by atoms with Crippen LogP contribution in [0.3, 0.4) is 0 Å². The summed E-state index contributed by atoms with van der Waals surface area (Å²) in [5, 5.41) is 2.60. The number of quaternary nitrogens is 1. The number of likely N-dealkylation sites (N-methyl/N-ethyl adjacent to an activating group) is 1. The number of carbonyl (C=O) groups is 1. The van der Waals surface area contributed by atoms with Crippen molar-refractivity contribution >= 4 is 11.6 Å². The number of hydrogen-bond acceptors (Lipinski definition) is 3. The lowest BCUT2D eigenvalue weighted by molar-refractivity contribution is -0.870. The Morgan fingerprint density at radius 3 is 2.52 bits per heavy atom. The van der Waals surface area contributed by atoms with Crippen LogP contribution in [-0.4, -0.2) is 40.3 Å². The second kappa shape index (κ2) is 9.03. The second-order valence-corrected chi connectivity index (χ2v) is 5.85. The minimum Gasteiger partial charge on any atom is -0.493 e. The van der Waals surface area contributed by atoms with Crippen molar-refractivity contribution in [3.05, 3.63) is 53.8 Å². The van der Waals surface area contributed by atoms with Gasteiger partial charge in [-0.05, 0) is 29.8 Å². The molecule has 0 aliphatic carbocycles. The number of nitrogens with one attached hydrogen (secondary N) is 2. The van der Waals surface area contributed by atoms with Crippen molar-refractivity contribution in [2.75, 3.05) is 39.7 Å². The molecule has 0 spiro atoms. The summed E-state index contributed by atoms with van der Waals surface area (Å²) in [6.07, 6.45) is 0.791. The average Bonchev–Trinajstić information content (AvgIpc) is 2.61. The molecule has 1 amide bonds. The first-order chi connectivity index (χ1) is 12.0. The van der Waals surface area contributed by atoms with Gasteiger partial charge in [-0.1, -0.05) is 18.2 Å². The SMILES string of the molecule is COc1ccc(CC[NH+](C)CC(=O)Nc2ccccc2F)cc1OC. The lowest BCUT2D eigenvalue weighted by atomic mass is 10.1. The van der Waals surface area contributed by atoms with Gasteiger partial charge in [0.2, 0.25) is 0 Å². The standard InChI is InChI=1S/C19H23FN2O3/c1-22(13-19(23)21-16-7-5-4-6-15(16)20)11-10-14-8-9-17(24-2)18(12-14)25-3/h4-9,12H,10-11,13H2,1-3H3,(H,21,23)/p+1. The first-order valence-corrected chi connectivity index (χ1v) is 8.10. The molecule has 134 valence electrons. The summed E-state index contributed by atoms with van der Waals surface area (Å²) in [6.45, 7) is 1.03. The monoisotopic (exact) mass is 347 g/mol. The zero-order valence-electron chi connectivity index (χ0n) is 14.8. The van der Waals surface area contributed by atoms with E-state index < -0.39 is 5.82 Å². The molecule has 2 aromatic rings. The molecule has 0 aliphatic heterocycles. The van der Waals surface area contributed by atoms with Crippen LogP contribution in [0.15, 0.2) is 42.5 Å². The number of carbonyl (C=O) groups excluding carboxylic acids is 1. The molecule has 0 fully saturated rings. The molecule has 0 aromatic heterocycles. The fourth-order valence-electron chi connectivity index (χ4n) is 2.51. The fraction of sp³-hybridized carbons (Fsp3) is 0.316. The number of hydrogen-bond donors (Lipinski definition) is 2. The van der Waals surface area contributed by atoms with E-state index in [2.05, 4.69) is 5.32 Å². The molecular weight excluding hydrogens is 323 g/mol. The third kappa shape index (κ3) is 5.46.